The molecule has 1 amide bonds. The first-order valence-electron chi connectivity index (χ1n) is 8.49. The lowest BCUT2D eigenvalue weighted by Gasteiger charge is -2.22. The lowest BCUT2D eigenvalue weighted by atomic mass is 9.98. The Labute approximate surface area is 139 Å². The molecular formula is C19H27N3O. The van der Waals surface area contributed by atoms with E-state index in [1.807, 2.05) is 59.4 Å². The Bertz CT molecular complexity index is 606. The van der Waals surface area contributed by atoms with Gasteiger partial charge in [-0.05, 0) is 25.0 Å². The van der Waals surface area contributed by atoms with Gasteiger partial charge in [0.25, 0.3) is 0 Å². The summed E-state index contributed by atoms with van der Waals surface area (Å²) in [7, 11) is 1.89. The number of benzene rings is 1. The maximum Gasteiger partial charge on any atom is 0.225 e. The third-order valence-corrected chi connectivity index (χ3v) is 4.20. The summed E-state index contributed by atoms with van der Waals surface area (Å²) >= 11 is 0. The Morgan fingerprint density at radius 2 is 2.00 bits per heavy atom. The average molecular weight is 313 g/mol. The van der Waals surface area contributed by atoms with Gasteiger partial charge in [-0.3, -0.25) is 4.79 Å². The molecule has 1 atom stereocenters. The molecule has 0 aliphatic carbocycles. The van der Waals surface area contributed by atoms with Gasteiger partial charge in [-0.15, -0.1) is 0 Å². The summed E-state index contributed by atoms with van der Waals surface area (Å²) in [5, 5.41) is 4.39. The van der Waals surface area contributed by atoms with E-state index in [9.17, 15) is 4.79 Å². The van der Waals surface area contributed by atoms with Gasteiger partial charge in [-0.25, -0.2) is 4.68 Å². The summed E-state index contributed by atoms with van der Waals surface area (Å²) in [5.41, 5.74) is 2.08. The fourth-order valence-electron chi connectivity index (χ4n) is 2.78. The molecule has 0 saturated carbocycles. The molecule has 0 aliphatic rings. The second-order valence-corrected chi connectivity index (χ2v) is 6.07. The fraction of sp³-hybridized carbons (Fsp3) is 0.474. The van der Waals surface area contributed by atoms with E-state index in [2.05, 4.69) is 18.9 Å². The van der Waals surface area contributed by atoms with Gasteiger partial charge in [0.1, 0.15) is 0 Å². The molecule has 124 valence electrons. The standard InChI is InChI=1S/C19H27N3O/c1-4-6-10-17(5-2)19(23)21(3)14-16-13-20-22(15-16)18-11-8-7-9-12-18/h7-9,11-13,15,17H,4-6,10,14H2,1-3H3. The second kappa shape index (κ2) is 8.51. The first-order valence-corrected chi connectivity index (χ1v) is 8.49. The summed E-state index contributed by atoms with van der Waals surface area (Å²) < 4.78 is 1.85. The Morgan fingerprint density at radius 3 is 2.65 bits per heavy atom. The second-order valence-electron chi connectivity index (χ2n) is 6.07. The van der Waals surface area contributed by atoms with Crippen LogP contribution in [0.15, 0.2) is 42.7 Å². The Kier molecular flexibility index (Phi) is 6.39. The predicted octanol–water partition coefficient (Wildman–Crippen LogP) is 4.05. The van der Waals surface area contributed by atoms with Crippen molar-refractivity contribution in [3.8, 4) is 5.69 Å². The Hall–Kier alpha value is -2.10. The number of amides is 1. The molecule has 1 heterocycles. The van der Waals surface area contributed by atoms with E-state index in [1.165, 1.54) is 0 Å². The largest absolute Gasteiger partial charge is 0.341 e. The third kappa shape index (κ3) is 4.68. The number of unbranched alkanes of at least 4 members (excludes halogenated alkanes) is 1. The highest BCUT2D eigenvalue weighted by molar-refractivity contribution is 5.78. The van der Waals surface area contributed by atoms with Crippen molar-refractivity contribution in [3.05, 3.63) is 48.3 Å². The number of carbonyl (C=O) groups excluding carboxylic acids is 1. The molecule has 23 heavy (non-hydrogen) atoms. The monoisotopic (exact) mass is 313 g/mol. The van der Waals surface area contributed by atoms with Crippen LogP contribution < -0.4 is 0 Å². The summed E-state index contributed by atoms with van der Waals surface area (Å²) in [6, 6.07) is 10.0. The number of hydrogen-bond donors (Lipinski definition) is 0. The zero-order valence-corrected chi connectivity index (χ0v) is 14.4. The molecule has 0 N–H and O–H groups in total. The van der Waals surface area contributed by atoms with Gasteiger partial charge < -0.3 is 4.90 Å². The lowest BCUT2D eigenvalue weighted by Crippen LogP contribution is -2.32. The first-order chi connectivity index (χ1) is 11.2. The van der Waals surface area contributed by atoms with Gasteiger partial charge in [-0.2, -0.15) is 5.10 Å². The molecule has 2 rings (SSSR count). The molecule has 1 aromatic heterocycles. The third-order valence-electron chi connectivity index (χ3n) is 4.20. The van der Waals surface area contributed by atoms with E-state index in [-0.39, 0.29) is 11.8 Å². The van der Waals surface area contributed by atoms with Crippen LogP contribution >= 0.6 is 0 Å². The van der Waals surface area contributed by atoms with Crippen molar-refractivity contribution in [2.45, 2.75) is 46.1 Å². The minimum Gasteiger partial charge on any atom is -0.341 e. The summed E-state index contributed by atoms with van der Waals surface area (Å²) in [5.74, 6) is 0.387. The zero-order chi connectivity index (χ0) is 16.7. The number of hydrogen-bond acceptors (Lipinski definition) is 2. The molecule has 2 aromatic rings. The van der Waals surface area contributed by atoms with Crippen LogP contribution in [0.2, 0.25) is 0 Å². The average Bonchev–Trinajstić information content (AvgIpc) is 3.04. The van der Waals surface area contributed by atoms with E-state index in [1.54, 1.807) is 0 Å². The molecule has 0 spiro atoms. The molecule has 4 nitrogen and oxygen atoms in total. The fourth-order valence-corrected chi connectivity index (χ4v) is 2.78. The number of para-hydroxylation sites is 1. The van der Waals surface area contributed by atoms with Gasteiger partial charge in [0.2, 0.25) is 5.91 Å². The maximum absolute atomic E-state index is 12.6. The normalized spacial score (nSPS) is 12.1. The van der Waals surface area contributed by atoms with Crippen LogP contribution in [-0.2, 0) is 11.3 Å². The highest BCUT2D eigenvalue weighted by Crippen LogP contribution is 2.17. The SMILES string of the molecule is CCCCC(CC)C(=O)N(C)Cc1cnn(-c2ccccc2)c1. The van der Waals surface area contributed by atoms with Crippen LogP contribution in [-0.4, -0.2) is 27.6 Å². The molecule has 0 saturated heterocycles. The molecule has 0 radical (unpaired) electrons. The zero-order valence-electron chi connectivity index (χ0n) is 14.4. The van der Waals surface area contributed by atoms with Crippen molar-refractivity contribution in [2.75, 3.05) is 7.05 Å². The van der Waals surface area contributed by atoms with Gasteiger partial charge in [0.15, 0.2) is 0 Å². The molecule has 0 fully saturated rings. The number of rotatable bonds is 8. The minimum absolute atomic E-state index is 0.143. The summed E-state index contributed by atoms with van der Waals surface area (Å²) in [6.07, 6.45) is 7.98. The van der Waals surface area contributed by atoms with Crippen molar-refractivity contribution in [1.29, 1.82) is 0 Å². The number of nitrogens with zero attached hydrogens (tertiary/aromatic N) is 3. The maximum atomic E-state index is 12.6. The van der Waals surface area contributed by atoms with E-state index >= 15 is 0 Å². The first kappa shape index (κ1) is 17.3. The van der Waals surface area contributed by atoms with E-state index in [4.69, 9.17) is 0 Å². The Balaban J connectivity index is 1.98. The smallest absolute Gasteiger partial charge is 0.225 e. The van der Waals surface area contributed by atoms with Crippen LogP contribution in [0.5, 0.6) is 0 Å². The van der Waals surface area contributed by atoms with Gasteiger partial charge >= 0.3 is 0 Å². The van der Waals surface area contributed by atoms with Crippen molar-refractivity contribution in [3.63, 3.8) is 0 Å². The summed E-state index contributed by atoms with van der Waals surface area (Å²) in [4.78, 5) is 14.4. The van der Waals surface area contributed by atoms with E-state index in [0.29, 0.717) is 6.54 Å². The van der Waals surface area contributed by atoms with E-state index in [0.717, 1.165) is 36.9 Å². The van der Waals surface area contributed by atoms with Crippen LogP contribution in [0, 0.1) is 5.92 Å². The molecule has 4 heteroatoms. The molecule has 0 aliphatic heterocycles. The molecule has 1 aromatic carbocycles. The van der Waals surface area contributed by atoms with E-state index < -0.39 is 0 Å². The molecule has 1 unspecified atom stereocenters. The molecular weight excluding hydrogens is 286 g/mol. The topological polar surface area (TPSA) is 38.1 Å². The lowest BCUT2D eigenvalue weighted by molar-refractivity contribution is -0.135. The van der Waals surface area contributed by atoms with Gasteiger partial charge in [-0.1, -0.05) is 44.9 Å². The highest BCUT2D eigenvalue weighted by Gasteiger charge is 2.20. The Morgan fingerprint density at radius 1 is 1.26 bits per heavy atom. The van der Waals surface area contributed by atoms with Crippen molar-refractivity contribution < 1.29 is 4.79 Å². The van der Waals surface area contributed by atoms with Crippen LogP contribution in [0.3, 0.4) is 0 Å². The minimum atomic E-state index is 0.143. The quantitative estimate of drug-likeness (QED) is 0.737. The summed E-state index contributed by atoms with van der Waals surface area (Å²) in [6.45, 7) is 4.87. The number of carbonyl (C=O) groups is 1. The van der Waals surface area contributed by atoms with Crippen molar-refractivity contribution >= 4 is 5.91 Å². The predicted molar refractivity (Wildman–Crippen MR) is 93.3 cm³/mol. The van der Waals surface area contributed by atoms with Crippen LogP contribution in [0.4, 0.5) is 0 Å². The molecule has 0 bridgehead atoms. The van der Waals surface area contributed by atoms with Gasteiger partial charge in [0, 0.05) is 31.3 Å². The van der Waals surface area contributed by atoms with Crippen LogP contribution in [0.25, 0.3) is 5.69 Å². The van der Waals surface area contributed by atoms with Crippen LogP contribution in [0.1, 0.15) is 45.1 Å². The highest BCUT2D eigenvalue weighted by atomic mass is 16.2. The van der Waals surface area contributed by atoms with Crippen molar-refractivity contribution in [2.24, 2.45) is 5.92 Å². The van der Waals surface area contributed by atoms with Gasteiger partial charge in [0.05, 0.1) is 11.9 Å². The van der Waals surface area contributed by atoms with Crippen molar-refractivity contribution in [1.82, 2.24) is 14.7 Å². The number of aromatic nitrogens is 2.